The fourth-order valence-corrected chi connectivity index (χ4v) is 4.39. The van der Waals surface area contributed by atoms with E-state index in [1.165, 1.54) is 12.1 Å². The lowest BCUT2D eigenvalue weighted by Gasteiger charge is -2.12. The van der Waals surface area contributed by atoms with Gasteiger partial charge >= 0.3 is 5.97 Å². The number of ketones is 1. The summed E-state index contributed by atoms with van der Waals surface area (Å²) in [5.74, 6) is 0.826. The molecule has 0 radical (unpaired) electrons. The van der Waals surface area contributed by atoms with Gasteiger partial charge in [-0.05, 0) is 56.7 Å². The lowest BCUT2D eigenvalue weighted by atomic mass is 10.1. The summed E-state index contributed by atoms with van der Waals surface area (Å²) in [4.78, 5) is 24.9. The summed E-state index contributed by atoms with van der Waals surface area (Å²) in [5.41, 5.74) is 3.55. The van der Waals surface area contributed by atoms with Crippen molar-refractivity contribution in [3.05, 3.63) is 74.5 Å². The number of aromatic nitrogens is 1. The summed E-state index contributed by atoms with van der Waals surface area (Å²) in [5, 5.41) is 0.244. The summed E-state index contributed by atoms with van der Waals surface area (Å²) >= 11 is 12.5. The number of benzene rings is 2. The second-order valence-electron chi connectivity index (χ2n) is 7.76. The standard InChI is InChI=1S/C25H23Cl2NO6/c1-4-31-25(30)17-9-19(26)24(20(27)10-17)32-12-21(29)18-7-14(2)28(15(18)3)11-16-5-6-22-23(8-16)34-13-33-22/h5-10H,4,11-13H2,1-3H3. The Morgan fingerprint density at radius 3 is 2.44 bits per heavy atom. The molecule has 0 saturated carbocycles. The van der Waals surface area contributed by atoms with Gasteiger partial charge in [0.25, 0.3) is 0 Å². The van der Waals surface area contributed by atoms with Crippen LogP contribution in [0.4, 0.5) is 0 Å². The van der Waals surface area contributed by atoms with Gasteiger partial charge in [-0.15, -0.1) is 0 Å². The summed E-state index contributed by atoms with van der Waals surface area (Å²) in [6, 6.07) is 10.4. The number of Topliss-reactive ketones (excluding diaryl/α,β-unsaturated/α-hetero) is 1. The molecule has 178 valence electrons. The fourth-order valence-electron chi connectivity index (χ4n) is 3.79. The van der Waals surface area contributed by atoms with Crippen molar-refractivity contribution in [3.63, 3.8) is 0 Å². The van der Waals surface area contributed by atoms with Gasteiger partial charge in [0.05, 0.1) is 22.2 Å². The number of halogens is 2. The highest BCUT2D eigenvalue weighted by atomic mass is 35.5. The number of hydrogen-bond acceptors (Lipinski definition) is 6. The normalized spacial score (nSPS) is 12.0. The predicted molar refractivity (Wildman–Crippen MR) is 128 cm³/mol. The van der Waals surface area contributed by atoms with Crippen LogP contribution in [0.15, 0.2) is 36.4 Å². The first kappa shape index (κ1) is 24.0. The third-order valence-electron chi connectivity index (χ3n) is 5.51. The Morgan fingerprint density at radius 2 is 1.74 bits per heavy atom. The molecule has 1 aliphatic heterocycles. The van der Waals surface area contributed by atoms with E-state index in [1.807, 2.05) is 38.1 Å². The molecule has 0 fully saturated rings. The second kappa shape index (κ2) is 9.99. The van der Waals surface area contributed by atoms with Crippen molar-refractivity contribution in [3.8, 4) is 17.2 Å². The maximum absolute atomic E-state index is 13.0. The van der Waals surface area contributed by atoms with Crippen molar-refractivity contribution in [1.82, 2.24) is 4.57 Å². The molecule has 0 bridgehead atoms. The molecule has 9 heteroatoms. The Hall–Kier alpha value is -3.16. The SMILES string of the molecule is CCOC(=O)c1cc(Cl)c(OCC(=O)c2cc(C)n(Cc3ccc4c(c3)OCO4)c2C)c(Cl)c1. The average molecular weight is 504 g/mol. The Bertz CT molecular complexity index is 1240. The van der Waals surface area contributed by atoms with Crippen molar-refractivity contribution in [2.24, 2.45) is 0 Å². The third kappa shape index (κ3) is 4.86. The number of fused-ring (bicyclic) bond motifs is 1. The van der Waals surface area contributed by atoms with E-state index in [9.17, 15) is 9.59 Å². The van der Waals surface area contributed by atoms with E-state index in [4.69, 9.17) is 42.1 Å². The van der Waals surface area contributed by atoms with Crippen LogP contribution in [0.5, 0.6) is 17.2 Å². The zero-order valence-electron chi connectivity index (χ0n) is 18.9. The summed E-state index contributed by atoms with van der Waals surface area (Å²) in [6.45, 7) is 6.31. The highest BCUT2D eigenvalue weighted by Crippen LogP contribution is 2.35. The van der Waals surface area contributed by atoms with E-state index in [-0.39, 0.29) is 47.1 Å². The number of rotatable bonds is 8. The maximum atomic E-state index is 13.0. The minimum absolute atomic E-state index is 0.122. The molecule has 0 N–H and O–H groups in total. The molecule has 0 spiro atoms. The van der Waals surface area contributed by atoms with Crippen molar-refractivity contribution >= 4 is 35.0 Å². The lowest BCUT2D eigenvalue weighted by Crippen LogP contribution is -2.14. The number of carbonyl (C=O) groups is 2. The van der Waals surface area contributed by atoms with Crippen LogP contribution in [0, 0.1) is 13.8 Å². The Labute approximate surface area is 207 Å². The topological polar surface area (TPSA) is 76.0 Å². The van der Waals surface area contributed by atoms with Crippen LogP contribution in [0.2, 0.25) is 10.0 Å². The van der Waals surface area contributed by atoms with Gasteiger partial charge < -0.3 is 23.5 Å². The highest BCUT2D eigenvalue weighted by Gasteiger charge is 2.20. The highest BCUT2D eigenvalue weighted by molar-refractivity contribution is 6.37. The van der Waals surface area contributed by atoms with E-state index >= 15 is 0 Å². The minimum atomic E-state index is -0.538. The molecule has 1 aliphatic rings. The first-order chi connectivity index (χ1) is 16.3. The van der Waals surface area contributed by atoms with Gasteiger partial charge in [0.1, 0.15) is 0 Å². The molecule has 0 saturated heterocycles. The summed E-state index contributed by atoms with van der Waals surface area (Å²) in [7, 11) is 0. The van der Waals surface area contributed by atoms with Crippen LogP contribution < -0.4 is 14.2 Å². The molecule has 2 aromatic carbocycles. The second-order valence-corrected chi connectivity index (χ2v) is 8.57. The minimum Gasteiger partial charge on any atom is -0.482 e. The molecule has 0 unspecified atom stereocenters. The third-order valence-corrected chi connectivity index (χ3v) is 6.07. The van der Waals surface area contributed by atoms with Gasteiger partial charge in [0.15, 0.2) is 23.9 Å². The van der Waals surface area contributed by atoms with Crippen LogP contribution in [0.25, 0.3) is 0 Å². The summed E-state index contributed by atoms with van der Waals surface area (Å²) in [6.07, 6.45) is 0. The van der Waals surface area contributed by atoms with E-state index in [0.29, 0.717) is 17.9 Å². The molecule has 7 nitrogen and oxygen atoms in total. The van der Waals surface area contributed by atoms with Crippen molar-refractivity contribution < 1.29 is 28.5 Å². The smallest absolute Gasteiger partial charge is 0.338 e. The number of aryl methyl sites for hydroxylation is 1. The van der Waals surface area contributed by atoms with Crippen LogP contribution >= 0.6 is 23.2 Å². The van der Waals surface area contributed by atoms with Gasteiger partial charge in [-0.25, -0.2) is 4.79 Å². The molecule has 4 rings (SSSR count). The molecule has 2 heterocycles. The van der Waals surface area contributed by atoms with Crippen LogP contribution in [-0.4, -0.2) is 36.3 Å². The van der Waals surface area contributed by atoms with E-state index in [1.54, 1.807) is 6.92 Å². The molecule has 1 aromatic heterocycles. The van der Waals surface area contributed by atoms with Gasteiger partial charge in [0.2, 0.25) is 12.6 Å². The number of carbonyl (C=O) groups excluding carboxylic acids is 2. The van der Waals surface area contributed by atoms with E-state index < -0.39 is 5.97 Å². The lowest BCUT2D eigenvalue weighted by molar-refractivity contribution is 0.0526. The van der Waals surface area contributed by atoms with Crippen molar-refractivity contribution in [2.75, 3.05) is 20.0 Å². The first-order valence-corrected chi connectivity index (χ1v) is 11.4. The Balaban J connectivity index is 1.47. The maximum Gasteiger partial charge on any atom is 0.338 e. The van der Waals surface area contributed by atoms with Gasteiger partial charge in [-0.1, -0.05) is 29.3 Å². The average Bonchev–Trinajstić information content (AvgIpc) is 3.38. The molecule has 0 amide bonds. The molecule has 0 aliphatic carbocycles. The number of nitrogens with zero attached hydrogens (tertiary/aromatic N) is 1. The van der Waals surface area contributed by atoms with Gasteiger partial charge in [0, 0.05) is 23.5 Å². The zero-order valence-corrected chi connectivity index (χ0v) is 20.5. The molecular weight excluding hydrogens is 481 g/mol. The Kier molecular flexibility index (Phi) is 7.05. The number of ether oxygens (including phenoxy) is 4. The van der Waals surface area contributed by atoms with Crippen molar-refractivity contribution in [2.45, 2.75) is 27.3 Å². The fraction of sp³-hybridized carbons (Fsp3) is 0.280. The van der Waals surface area contributed by atoms with Crippen LogP contribution in [-0.2, 0) is 11.3 Å². The molecular formula is C25H23Cl2NO6. The van der Waals surface area contributed by atoms with Crippen LogP contribution in [0.1, 0.15) is 44.6 Å². The van der Waals surface area contributed by atoms with Crippen LogP contribution in [0.3, 0.4) is 0 Å². The van der Waals surface area contributed by atoms with Gasteiger partial charge in [-0.3, -0.25) is 4.79 Å². The number of hydrogen-bond donors (Lipinski definition) is 0. The largest absolute Gasteiger partial charge is 0.482 e. The molecule has 0 atom stereocenters. The van der Waals surface area contributed by atoms with Crippen molar-refractivity contribution in [1.29, 1.82) is 0 Å². The number of esters is 1. The summed E-state index contributed by atoms with van der Waals surface area (Å²) < 4.78 is 23.5. The predicted octanol–water partition coefficient (Wildman–Crippen LogP) is 5.63. The zero-order chi connectivity index (χ0) is 24.4. The molecule has 34 heavy (non-hydrogen) atoms. The molecule has 3 aromatic rings. The first-order valence-electron chi connectivity index (χ1n) is 10.7. The Morgan fingerprint density at radius 1 is 1.03 bits per heavy atom. The monoisotopic (exact) mass is 503 g/mol. The van der Waals surface area contributed by atoms with E-state index in [2.05, 4.69) is 4.57 Å². The van der Waals surface area contributed by atoms with Gasteiger partial charge in [-0.2, -0.15) is 0 Å². The van der Waals surface area contributed by atoms with E-state index in [0.717, 1.165) is 22.7 Å². The quantitative estimate of drug-likeness (QED) is 0.293.